The summed E-state index contributed by atoms with van der Waals surface area (Å²) < 4.78 is 23.0. The number of methoxy groups -OCH3 is 1. The summed E-state index contributed by atoms with van der Waals surface area (Å²) in [4.78, 5) is 12.8. The highest BCUT2D eigenvalue weighted by atomic mass is 16.5. The summed E-state index contributed by atoms with van der Waals surface area (Å²) in [6.45, 7) is 9.37. The minimum absolute atomic E-state index is 0.0913. The Morgan fingerprint density at radius 1 is 0.914 bits per heavy atom. The predicted molar refractivity (Wildman–Crippen MR) is 145 cm³/mol. The average Bonchev–Trinajstić information content (AvgIpc) is 2.83. The van der Waals surface area contributed by atoms with E-state index in [1.165, 1.54) is 56.8 Å². The summed E-state index contributed by atoms with van der Waals surface area (Å²) >= 11 is 0. The molecule has 1 aromatic heterocycles. The first-order valence-electron chi connectivity index (χ1n) is 13.2. The van der Waals surface area contributed by atoms with Gasteiger partial charge in [-0.25, -0.2) is 4.79 Å². The van der Waals surface area contributed by atoms with Crippen molar-refractivity contribution in [2.24, 2.45) is 0 Å². The first-order chi connectivity index (χ1) is 17.0. The van der Waals surface area contributed by atoms with Crippen molar-refractivity contribution in [3.63, 3.8) is 0 Å². The van der Waals surface area contributed by atoms with E-state index in [2.05, 4.69) is 33.8 Å². The molecule has 5 heteroatoms. The molecule has 35 heavy (non-hydrogen) atoms. The van der Waals surface area contributed by atoms with Crippen LogP contribution in [0.3, 0.4) is 0 Å². The molecule has 194 valence electrons. The standard InChI is InChI=1S/C30H44O5/c1-6-7-8-9-10-11-12-13-21-33-26-19-15-18-25-27(26)35-30(31)29(28(25)32-5)34-22-20-24(4)17-14-16-23(2)3/h15-16,18-20H,6-14,17,21-22H2,1-5H3. The Balaban J connectivity index is 1.99. The minimum atomic E-state index is -0.562. The Morgan fingerprint density at radius 3 is 2.31 bits per heavy atom. The van der Waals surface area contributed by atoms with Gasteiger partial charge in [-0.05, 0) is 58.2 Å². The van der Waals surface area contributed by atoms with Gasteiger partial charge in [-0.1, -0.05) is 75.2 Å². The SMILES string of the molecule is CCCCCCCCCCOc1cccc2c(OC)c(OCC=C(C)CCC=C(C)C)c(=O)oc12. The molecule has 0 fully saturated rings. The van der Waals surface area contributed by atoms with E-state index in [0.717, 1.165) is 25.7 Å². The van der Waals surface area contributed by atoms with Crippen molar-refractivity contribution in [2.75, 3.05) is 20.3 Å². The Morgan fingerprint density at radius 2 is 1.63 bits per heavy atom. The van der Waals surface area contributed by atoms with Crippen LogP contribution in [0.25, 0.3) is 11.0 Å². The topological polar surface area (TPSA) is 57.9 Å². The summed E-state index contributed by atoms with van der Waals surface area (Å²) in [7, 11) is 1.54. The molecule has 0 aliphatic rings. The fraction of sp³-hybridized carbons (Fsp3) is 0.567. The predicted octanol–water partition coefficient (Wildman–Crippen LogP) is 8.39. The van der Waals surface area contributed by atoms with Gasteiger partial charge in [0.2, 0.25) is 5.75 Å². The quantitative estimate of drug-likeness (QED) is 0.128. The van der Waals surface area contributed by atoms with E-state index >= 15 is 0 Å². The summed E-state index contributed by atoms with van der Waals surface area (Å²) in [5.74, 6) is 1.03. The molecule has 0 saturated carbocycles. The van der Waals surface area contributed by atoms with E-state index in [0.29, 0.717) is 29.1 Å². The molecule has 1 heterocycles. The second-order valence-corrected chi connectivity index (χ2v) is 9.39. The molecule has 0 bridgehead atoms. The zero-order valence-corrected chi connectivity index (χ0v) is 22.4. The molecule has 1 aromatic carbocycles. The van der Waals surface area contributed by atoms with Gasteiger partial charge in [-0.3, -0.25) is 0 Å². The molecule has 0 N–H and O–H groups in total. The summed E-state index contributed by atoms with van der Waals surface area (Å²) in [6.07, 6.45) is 16.1. The monoisotopic (exact) mass is 484 g/mol. The lowest BCUT2D eigenvalue weighted by Crippen LogP contribution is -2.10. The number of ether oxygens (including phenoxy) is 3. The van der Waals surface area contributed by atoms with Crippen LogP contribution in [-0.4, -0.2) is 20.3 Å². The van der Waals surface area contributed by atoms with Crippen LogP contribution in [0.2, 0.25) is 0 Å². The Bertz CT molecular complexity index is 1010. The normalized spacial score (nSPS) is 11.5. The fourth-order valence-corrected chi connectivity index (χ4v) is 3.97. The first-order valence-corrected chi connectivity index (χ1v) is 13.2. The van der Waals surface area contributed by atoms with Crippen molar-refractivity contribution >= 4 is 11.0 Å². The highest BCUT2D eigenvalue weighted by molar-refractivity contribution is 5.89. The lowest BCUT2D eigenvalue weighted by molar-refractivity contribution is 0.294. The van der Waals surface area contributed by atoms with Crippen molar-refractivity contribution in [1.82, 2.24) is 0 Å². The molecule has 2 rings (SSSR count). The number of hydrogen-bond acceptors (Lipinski definition) is 5. The zero-order chi connectivity index (χ0) is 25.5. The number of hydrogen-bond donors (Lipinski definition) is 0. The van der Waals surface area contributed by atoms with Gasteiger partial charge >= 0.3 is 5.63 Å². The number of benzene rings is 1. The summed E-state index contributed by atoms with van der Waals surface area (Å²) in [5, 5.41) is 0.666. The molecule has 0 radical (unpaired) electrons. The lowest BCUT2D eigenvalue weighted by Gasteiger charge is -2.13. The van der Waals surface area contributed by atoms with Gasteiger partial charge in [0.15, 0.2) is 17.1 Å². The Kier molecular flexibility index (Phi) is 13.1. The number of fused-ring (bicyclic) bond motifs is 1. The van der Waals surface area contributed by atoms with Gasteiger partial charge in [0.1, 0.15) is 6.61 Å². The average molecular weight is 485 g/mol. The largest absolute Gasteiger partial charge is 0.492 e. The van der Waals surface area contributed by atoms with E-state index in [1.54, 1.807) is 0 Å². The Labute approximate surface area is 211 Å². The fourth-order valence-electron chi connectivity index (χ4n) is 3.97. The van der Waals surface area contributed by atoms with E-state index < -0.39 is 5.63 Å². The second kappa shape index (κ2) is 16.1. The molecule has 0 saturated heterocycles. The van der Waals surface area contributed by atoms with Crippen LogP contribution < -0.4 is 19.8 Å². The number of allylic oxidation sites excluding steroid dienone is 3. The highest BCUT2D eigenvalue weighted by Crippen LogP contribution is 2.36. The maximum Gasteiger partial charge on any atom is 0.383 e. The third-order valence-corrected chi connectivity index (χ3v) is 6.02. The van der Waals surface area contributed by atoms with Crippen LogP contribution in [0.4, 0.5) is 0 Å². The van der Waals surface area contributed by atoms with E-state index in [9.17, 15) is 4.79 Å². The van der Waals surface area contributed by atoms with Crippen LogP contribution in [0.15, 0.2) is 50.7 Å². The first kappa shape index (κ1) is 28.5. The van der Waals surface area contributed by atoms with Crippen molar-refractivity contribution in [3.8, 4) is 17.2 Å². The number of unbranched alkanes of at least 4 members (excludes halogenated alkanes) is 7. The van der Waals surface area contributed by atoms with Crippen LogP contribution in [0.5, 0.6) is 17.2 Å². The highest BCUT2D eigenvalue weighted by Gasteiger charge is 2.19. The maximum atomic E-state index is 12.8. The van der Waals surface area contributed by atoms with Gasteiger partial charge in [0.25, 0.3) is 0 Å². The van der Waals surface area contributed by atoms with Crippen LogP contribution >= 0.6 is 0 Å². The summed E-state index contributed by atoms with van der Waals surface area (Å²) in [5.41, 5.74) is 2.36. The molecule has 0 amide bonds. The molecule has 0 unspecified atom stereocenters. The van der Waals surface area contributed by atoms with E-state index in [1.807, 2.05) is 24.3 Å². The van der Waals surface area contributed by atoms with Crippen LogP contribution in [-0.2, 0) is 0 Å². The summed E-state index contributed by atoms with van der Waals surface area (Å²) in [6, 6.07) is 5.56. The van der Waals surface area contributed by atoms with Gasteiger partial charge in [0, 0.05) is 0 Å². The molecular formula is C30H44O5. The zero-order valence-electron chi connectivity index (χ0n) is 22.4. The molecule has 0 atom stereocenters. The molecule has 0 aliphatic carbocycles. The van der Waals surface area contributed by atoms with Crippen molar-refractivity contribution in [3.05, 3.63) is 51.9 Å². The van der Waals surface area contributed by atoms with Gasteiger partial charge in [-0.15, -0.1) is 0 Å². The van der Waals surface area contributed by atoms with Crippen molar-refractivity contribution < 1.29 is 18.6 Å². The van der Waals surface area contributed by atoms with Gasteiger partial charge in [0.05, 0.1) is 19.1 Å². The minimum Gasteiger partial charge on any atom is -0.492 e. The third kappa shape index (κ3) is 9.83. The molecule has 5 nitrogen and oxygen atoms in total. The number of para-hydroxylation sites is 1. The van der Waals surface area contributed by atoms with Crippen molar-refractivity contribution in [1.29, 1.82) is 0 Å². The van der Waals surface area contributed by atoms with Gasteiger partial charge < -0.3 is 18.6 Å². The number of rotatable bonds is 17. The third-order valence-electron chi connectivity index (χ3n) is 6.02. The van der Waals surface area contributed by atoms with E-state index in [-0.39, 0.29) is 12.4 Å². The van der Waals surface area contributed by atoms with Crippen molar-refractivity contribution in [2.45, 2.75) is 91.9 Å². The van der Waals surface area contributed by atoms with Crippen LogP contribution in [0.1, 0.15) is 91.9 Å². The smallest absolute Gasteiger partial charge is 0.383 e. The Hall–Kier alpha value is -2.69. The van der Waals surface area contributed by atoms with Gasteiger partial charge in [-0.2, -0.15) is 0 Å². The molecular weight excluding hydrogens is 440 g/mol. The lowest BCUT2D eigenvalue weighted by atomic mass is 10.1. The van der Waals surface area contributed by atoms with E-state index in [4.69, 9.17) is 18.6 Å². The van der Waals surface area contributed by atoms with Crippen LogP contribution in [0, 0.1) is 0 Å². The molecule has 2 aromatic rings. The second-order valence-electron chi connectivity index (χ2n) is 9.39. The molecule has 0 aliphatic heterocycles. The maximum absolute atomic E-state index is 12.8. The molecule has 0 spiro atoms.